The topological polar surface area (TPSA) is 38.0 Å². The van der Waals surface area contributed by atoms with Crippen LogP contribution < -0.4 is 11.1 Å². The fourth-order valence-corrected chi connectivity index (χ4v) is 1.84. The van der Waals surface area contributed by atoms with Crippen LogP contribution in [0.25, 0.3) is 0 Å². The van der Waals surface area contributed by atoms with Crippen molar-refractivity contribution in [2.45, 2.75) is 39.7 Å². The van der Waals surface area contributed by atoms with E-state index < -0.39 is 0 Å². The van der Waals surface area contributed by atoms with Crippen LogP contribution in [0.5, 0.6) is 0 Å². The van der Waals surface area contributed by atoms with Crippen molar-refractivity contribution < 1.29 is 0 Å². The molecule has 0 heterocycles. The predicted molar refractivity (Wildman–Crippen MR) is 57.6 cm³/mol. The minimum absolute atomic E-state index is 0.651. The summed E-state index contributed by atoms with van der Waals surface area (Å²) in [6.07, 6.45) is 2.71. The molecule has 0 bridgehead atoms. The van der Waals surface area contributed by atoms with Crippen LogP contribution in [0.4, 0.5) is 0 Å². The van der Waals surface area contributed by atoms with Gasteiger partial charge in [0.05, 0.1) is 0 Å². The summed E-state index contributed by atoms with van der Waals surface area (Å²) in [7, 11) is 0. The molecule has 0 amide bonds. The van der Waals surface area contributed by atoms with Crippen molar-refractivity contribution in [2.75, 3.05) is 13.1 Å². The molecular formula is C11H24N2. The molecule has 78 valence electrons. The van der Waals surface area contributed by atoms with Crippen LogP contribution in [-0.2, 0) is 0 Å². The second-order valence-corrected chi connectivity index (χ2v) is 4.66. The van der Waals surface area contributed by atoms with Crippen molar-refractivity contribution in [3.63, 3.8) is 0 Å². The minimum atomic E-state index is 0.651. The molecular weight excluding hydrogens is 160 g/mol. The lowest BCUT2D eigenvalue weighted by Gasteiger charge is -2.19. The molecule has 1 aliphatic rings. The predicted octanol–water partition coefficient (Wildman–Crippen LogP) is 1.61. The van der Waals surface area contributed by atoms with Gasteiger partial charge in [0.1, 0.15) is 0 Å². The summed E-state index contributed by atoms with van der Waals surface area (Å²) in [4.78, 5) is 0. The molecule has 2 nitrogen and oxygen atoms in total. The van der Waals surface area contributed by atoms with Gasteiger partial charge in [-0.25, -0.2) is 0 Å². The maximum Gasteiger partial charge on any atom is 0.00991 e. The lowest BCUT2D eigenvalue weighted by Crippen LogP contribution is -2.33. The summed E-state index contributed by atoms with van der Waals surface area (Å²) in [5.41, 5.74) is 5.71. The van der Waals surface area contributed by atoms with Gasteiger partial charge in [0.15, 0.2) is 0 Å². The Kier molecular flexibility index (Phi) is 4.20. The molecule has 0 aromatic rings. The third-order valence-corrected chi connectivity index (χ3v) is 3.33. The van der Waals surface area contributed by atoms with Crippen molar-refractivity contribution in [3.8, 4) is 0 Å². The van der Waals surface area contributed by atoms with Gasteiger partial charge in [0, 0.05) is 6.04 Å². The molecule has 13 heavy (non-hydrogen) atoms. The van der Waals surface area contributed by atoms with Crippen LogP contribution in [-0.4, -0.2) is 19.1 Å². The molecule has 0 radical (unpaired) electrons. The molecule has 3 N–H and O–H groups in total. The minimum Gasteiger partial charge on any atom is -0.330 e. The number of hydrogen-bond donors (Lipinski definition) is 2. The Morgan fingerprint density at radius 3 is 2.54 bits per heavy atom. The second kappa shape index (κ2) is 4.97. The summed E-state index contributed by atoms with van der Waals surface area (Å²) >= 11 is 0. The third kappa shape index (κ3) is 3.28. The van der Waals surface area contributed by atoms with Gasteiger partial charge in [-0.05, 0) is 37.3 Å². The van der Waals surface area contributed by atoms with Crippen molar-refractivity contribution in [1.29, 1.82) is 0 Å². The van der Waals surface area contributed by atoms with E-state index in [4.69, 9.17) is 5.73 Å². The maximum atomic E-state index is 5.71. The zero-order valence-corrected chi connectivity index (χ0v) is 9.22. The van der Waals surface area contributed by atoms with Gasteiger partial charge >= 0.3 is 0 Å². The zero-order valence-electron chi connectivity index (χ0n) is 9.22. The molecule has 1 fully saturated rings. The Balaban J connectivity index is 2.11. The Labute approximate surface area is 82.3 Å². The van der Waals surface area contributed by atoms with Crippen LogP contribution in [0.2, 0.25) is 0 Å². The normalized spacial score (nSPS) is 29.3. The Morgan fingerprint density at radius 1 is 1.46 bits per heavy atom. The quantitative estimate of drug-likeness (QED) is 0.658. The summed E-state index contributed by atoms with van der Waals surface area (Å²) < 4.78 is 0. The highest BCUT2D eigenvalue weighted by Gasteiger charge is 2.34. The van der Waals surface area contributed by atoms with E-state index in [-0.39, 0.29) is 0 Å². The number of nitrogens with two attached hydrogens (primary N) is 1. The van der Waals surface area contributed by atoms with Crippen molar-refractivity contribution >= 4 is 0 Å². The van der Waals surface area contributed by atoms with Crippen molar-refractivity contribution in [1.82, 2.24) is 5.32 Å². The van der Waals surface area contributed by atoms with Gasteiger partial charge in [0.2, 0.25) is 0 Å². The van der Waals surface area contributed by atoms with Gasteiger partial charge in [-0.3, -0.25) is 0 Å². The van der Waals surface area contributed by atoms with Gasteiger partial charge in [0.25, 0.3) is 0 Å². The molecule has 3 unspecified atom stereocenters. The van der Waals surface area contributed by atoms with E-state index in [9.17, 15) is 0 Å². The summed E-state index contributed by atoms with van der Waals surface area (Å²) in [5, 5.41) is 3.61. The molecule has 1 saturated carbocycles. The van der Waals surface area contributed by atoms with Crippen LogP contribution in [0, 0.1) is 17.8 Å². The SMILES string of the molecule is CCC1CC1NCC(CN)C(C)C. The number of hydrogen-bond acceptors (Lipinski definition) is 2. The van der Waals surface area contributed by atoms with Gasteiger partial charge in [-0.2, -0.15) is 0 Å². The molecule has 0 saturated heterocycles. The van der Waals surface area contributed by atoms with Gasteiger partial charge in [-0.15, -0.1) is 0 Å². The smallest absolute Gasteiger partial charge is 0.00991 e. The van der Waals surface area contributed by atoms with Crippen molar-refractivity contribution in [3.05, 3.63) is 0 Å². The lowest BCUT2D eigenvalue weighted by atomic mass is 9.96. The highest BCUT2D eigenvalue weighted by atomic mass is 15.0. The highest BCUT2D eigenvalue weighted by Crippen LogP contribution is 2.33. The average molecular weight is 184 g/mol. The molecule has 0 aliphatic heterocycles. The fraction of sp³-hybridized carbons (Fsp3) is 1.00. The fourth-order valence-electron chi connectivity index (χ4n) is 1.84. The van der Waals surface area contributed by atoms with E-state index >= 15 is 0 Å². The van der Waals surface area contributed by atoms with E-state index in [0.29, 0.717) is 11.8 Å². The second-order valence-electron chi connectivity index (χ2n) is 4.66. The van der Waals surface area contributed by atoms with Crippen LogP contribution in [0.3, 0.4) is 0 Å². The number of rotatable bonds is 6. The first-order valence-corrected chi connectivity index (χ1v) is 5.62. The Morgan fingerprint density at radius 2 is 2.15 bits per heavy atom. The Hall–Kier alpha value is -0.0800. The van der Waals surface area contributed by atoms with E-state index in [1.54, 1.807) is 0 Å². The van der Waals surface area contributed by atoms with Crippen LogP contribution in [0.1, 0.15) is 33.6 Å². The average Bonchev–Trinajstić information content (AvgIpc) is 2.84. The van der Waals surface area contributed by atoms with Crippen LogP contribution >= 0.6 is 0 Å². The van der Waals surface area contributed by atoms with E-state index in [1.165, 1.54) is 12.8 Å². The first-order chi connectivity index (χ1) is 6.19. The van der Waals surface area contributed by atoms with Gasteiger partial charge < -0.3 is 11.1 Å². The summed E-state index contributed by atoms with van der Waals surface area (Å²) in [6, 6.07) is 0.804. The lowest BCUT2D eigenvalue weighted by molar-refractivity contribution is 0.367. The molecule has 1 rings (SSSR count). The highest BCUT2D eigenvalue weighted by molar-refractivity contribution is 4.92. The largest absolute Gasteiger partial charge is 0.330 e. The summed E-state index contributed by atoms with van der Waals surface area (Å²) in [6.45, 7) is 8.70. The standard InChI is InChI=1S/C11H24N2/c1-4-9-5-11(9)13-7-10(6-12)8(2)3/h8-11,13H,4-7,12H2,1-3H3. The zero-order chi connectivity index (χ0) is 9.84. The molecule has 0 aromatic carbocycles. The molecule has 2 heteroatoms. The van der Waals surface area contributed by atoms with E-state index in [1.807, 2.05) is 0 Å². The first-order valence-electron chi connectivity index (χ1n) is 5.62. The molecule has 3 atom stereocenters. The van der Waals surface area contributed by atoms with Gasteiger partial charge in [-0.1, -0.05) is 27.2 Å². The first kappa shape index (κ1) is 11.0. The summed E-state index contributed by atoms with van der Waals surface area (Å²) in [5.74, 6) is 2.31. The van der Waals surface area contributed by atoms with E-state index in [0.717, 1.165) is 25.0 Å². The molecule has 0 spiro atoms. The number of nitrogens with one attached hydrogen (secondary N) is 1. The van der Waals surface area contributed by atoms with Crippen molar-refractivity contribution in [2.24, 2.45) is 23.5 Å². The monoisotopic (exact) mass is 184 g/mol. The van der Waals surface area contributed by atoms with Crippen LogP contribution in [0.15, 0.2) is 0 Å². The Bertz CT molecular complexity index is 145. The molecule has 0 aromatic heterocycles. The maximum absolute atomic E-state index is 5.71. The third-order valence-electron chi connectivity index (χ3n) is 3.33. The van der Waals surface area contributed by atoms with E-state index in [2.05, 4.69) is 26.1 Å². The molecule has 1 aliphatic carbocycles.